The first-order valence-corrected chi connectivity index (χ1v) is 12.8. The van der Waals surface area contributed by atoms with Crippen LogP contribution in [0.15, 0.2) is 87.3 Å². The van der Waals surface area contributed by atoms with E-state index in [0.29, 0.717) is 0 Å². The van der Waals surface area contributed by atoms with E-state index < -0.39 is 15.9 Å². The van der Waals surface area contributed by atoms with Gasteiger partial charge in [0.05, 0.1) is 17.7 Å². The van der Waals surface area contributed by atoms with Gasteiger partial charge in [-0.05, 0) is 54.4 Å². The number of hydrogen-bond acceptors (Lipinski definition) is 5. The van der Waals surface area contributed by atoms with E-state index in [2.05, 4.69) is 26.5 Å². The third-order valence-corrected chi connectivity index (χ3v) is 7.40. The van der Waals surface area contributed by atoms with E-state index in [1.165, 1.54) is 18.3 Å². The van der Waals surface area contributed by atoms with Crippen LogP contribution in [0.1, 0.15) is 16.7 Å². The second kappa shape index (κ2) is 11.4. The van der Waals surface area contributed by atoms with Crippen LogP contribution in [0.25, 0.3) is 0 Å². The lowest BCUT2D eigenvalue weighted by Gasteiger charge is -2.21. The van der Waals surface area contributed by atoms with Crippen molar-refractivity contribution in [1.29, 1.82) is 0 Å². The zero-order valence-corrected chi connectivity index (χ0v) is 21.7. The van der Waals surface area contributed by atoms with Crippen molar-refractivity contribution in [3.63, 3.8) is 0 Å². The molecule has 1 N–H and O–H groups in total. The van der Waals surface area contributed by atoms with Gasteiger partial charge in [0.25, 0.3) is 5.91 Å². The minimum atomic E-state index is -3.92. The van der Waals surface area contributed by atoms with Crippen molar-refractivity contribution in [3.05, 3.63) is 94.0 Å². The second-order valence-corrected chi connectivity index (χ2v) is 10.8. The van der Waals surface area contributed by atoms with Crippen LogP contribution >= 0.6 is 15.9 Å². The Morgan fingerprint density at radius 3 is 2.18 bits per heavy atom. The summed E-state index contributed by atoms with van der Waals surface area (Å²) in [6.07, 6.45) is 1.52. The molecule has 178 valence electrons. The number of benzene rings is 3. The maximum absolute atomic E-state index is 13.3. The summed E-state index contributed by atoms with van der Waals surface area (Å²) in [4.78, 5) is 14.7. The number of rotatable bonds is 9. The Balaban J connectivity index is 1.75. The van der Waals surface area contributed by atoms with Gasteiger partial charge in [0.15, 0.2) is 0 Å². The fourth-order valence-corrected chi connectivity index (χ4v) is 4.76. The number of nitrogens with one attached hydrogen (secondary N) is 1. The Morgan fingerprint density at radius 2 is 1.59 bits per heavy atom. The van der Waals surface area contributed by atoms with Crippen molar-refractivity contribution in [3.8, 4) is 0 Å². The summed E-state index contributed by atoms with van der Waals surface area (Å²) in [6.45, 7) is 1.64. The number of sulfonamides is 1. The minimum Gasteiger partial charge on any atom is -0.378 e. The monoisotopic (exact) mass is 542 g/mol. The van der Waals surface area contributed by atoms with E-state index >= 15 is 0 Å². The van der Waals surface area contributed by atoms with Gasteiger partial charge in [0.2, 0.25) is 10.0 Å². The summed E-state index contributed by atoms with van der Waals surface area (Å²) < 4.78 is 28.6. The highest BCUT2D eigenvalue weighted by Crippen LogP contribution is 2.21. The van der Waals surface area contributed by atoms with Crippen molar-refractivity contribution >= 4 is 43.8 Å². The van der Waals surface area contributed by atoms with Crippen molar-refractivity contribution in [1.82, 2.24) is 9.73 Å². The number of anilines is 1. The van der Waals surface area contributed by atoms with Gasteiger partial charge in [-0.25, -0.2) is 13.8 Å². The molecule has 1 amide bonds. The molecule has 0 aliphatic rings. The Hall–Kier alpha value is -3.01. The van der Waals surface area contributed by atoms with E-state index in [0.717, 1.165) is 31.2 Å². The van der Waals surface area contributed by atoms with Crippen molar-refractivity contribution in [2.45, 2.75) is 18.4 Å². The first kappa shape index (κ1) is 25.6. The van der Waals surface area contributed by atoms with E-state index in [1.807, 2.05) is 74.4 Å². The molecule has 0 unspecified atom stereocenters. The molecule has 0 saturated carbocycles. The van der Waals surface area contributed by atoms with E-state index in [-0.39, 0.29) is 18.0 Å². The predicted octanol–water partition coefficient (Wildman–Crippen LogP) is 4.16. The maximum Gasteiger partial charge on any atom is 0.255 e. The summed E-state index contributed by atoms with van der Waals surface area (Å²) in [6, 6.07) is 21.5. The van der Waals surface area contributed by atoms with Crippen LogP contribution in [0.4, 0.5) is 5.69 Å². The Kier molecular flexibility index (Phi) is 8.60. The Morgan fingerprint density at radius 1 is 0.971 bits per heavy atom. The van der Waals surface area contributed by atoms with E-state index in [1.54, 1.807) is 12.1 Å². The normalized spacial score (nSPS) is 11.7. The van der Waals surface area contributed by atoms with Crippen molar-refractivity contribution in [2.75, 3.05) is 25.5 Å². The van der Waals surface area contributed by atoms with Gasteiger partial charge in [0, 0.05) is 30.8 Å². The SMILES string of the molecule is Cc1ccc(CN(CC(=O)N/N=C\c2ccc(N(C)C)cc2)S(=O)(=O)c2ccc(Br)cc2)cc1. The molecule has 0 heterocycles. The molecule has 0 radical (unpaired) electrons. The Labute approximate surface area is 209 Å². The lowest BCUT2D eigenvalue weighted by Crippen LogP contribution is -2.39. The molecule has 0 atom stereocenters. The van der Waals surface area contributed by atoms with Gasteiger partial charge in [-0.3, -0.25) is 4.79 Å². The van der Waals surface area contributed by atoms with E-state index in [4.69, 9.17) is 0 Å². The quantitative estimate of drug-likeness (QED) is 0.325. The highest BCUT2D eigenvalue weighted by atomic mass is 79.9. The highest BCUT2D eigenvalue weighted by molar-refractivity contribution is 9.10. The van der Waals surface area contributed by atoms with E-state index in [9.17, 15) is 13.2 Å². The molecule has 0 bridgehead atoms. The third kappa shape index (κ3) is 6.99. The minimum absolute atomic E-state index is 0.0574. The fraction of sp³-hybridized carbons (Fsp3) is 0.200. The molecule has 0 aliphatic carbocycles. The number of nitrogens with zero attached hydrogens (tertiary/aromatic N) is 3. The Bertz CT molecular complexity index is 1240. The van der Waals surface area contributed by atoms with Crippen LogP contribution < -0.4 is 10.3 Å². The number of aryl methyl sites for hydroxylation is 1. The molecule has 9 heteroatoms. The van der Waals surface area contributed by atoms with Gasteiger partial charge in [-0.15, -0.1) is 0 Å². The molecule has 34 heavy (non-hydrogen) atoms. The fourth-order valence-electron chi connectivity index (χ4n) is 3.11. The summed E-state index contributed by atoms with van der Waals surface area (Å²) in [5.41, 5.74) is 6.14. The average Bonchev–Trinajstić information content (AvgIpc) is 2.80. The summed E-state index contributed by atoms with van der Waals surface area (Å²) in [5.74, 6) is -0.533. The molecule has 0 aromatic heterocycles. The first-order valence-electron chi connectivity index (χ1n) is 10.6. The smallest absolute Gasteiger partial charge is 0.255 e. The third-order valence-electron chi connectivity index (χ3n) is 5.06. The summed E-state index contributed by atoms with van der Waals surface area (Å²) >= 11 is 3.32. The zero-order valence-electron chi connectivity index (χ0n) is 19.3. The molecule has 7 nitrogen and oxygen atoms in total. The second-order valence-electron chi connectivity index (χ2n) is 7.99. The van der Waals surface area contributed by atoms with Crippen LogP contribution in [0.5, 0.6) is 0 Å². The predicted molar refractivity (Wildman–Crippen MR) is 139 cm³/mol. The van der Waals surface area contributed by atoms with Crippen molar-refractivity contribution < 1.29 is 13.2 Å². The molecule has 3 aromatic carbocycles. The summed E-state index contributed by atoms with van der Waals surface area (Å²) in [5, 5.41) is 3.99. The molecule has 0 spiro atoms. The number of amides is 1. The topological polar surface area (TPSA) is 82.1 Å². The van der Waals surface area contributed by atoms with Crippen LogP contribution in [0.2, 0.25) is 0 Å². The summed E-state index contributed by atoms with van der Waals surface area (Å²) in [7, 11) is -0.0114. The van der Waals surface area contributed by atoms with Crippen LogP contribution in [-0.2, 0) is 21.4 Å². The molecule has 0 fully saturated rings. The largest absolute Gasteiger partial charge is 0.378 e. The molecule has 3 aromatic rings. The molecular weight excluding hydrogens is 516 g/mol. The number of hydrogen-bond donors (Lipinski definition) is 1. The number of hydrazone groups is 1. The average molecular weight is 543 g/mol. The maximum atomic E-state index is 13.3. The number of carbonyl (C=O) groups excluding carboxylic acids is 1. The van der Waals surface area contributed by atoms with Crippen LogP contribution in [0.3, 0.4) is 0 Å². The molecule has 0 aliphatic heterocycles. The number of halogens is 1. The molecular formula is C25H27BrN4O3S. The van der Waals surface area contributed by atoms with Gasteiger partial charge in [-0.1, -0.05) is 57.9 Å². The lowest BCUT2D eigenvalue weighted by atomic mass is 10.1. The number of carbonyl (C=O) groups is 1. The standard InChI is InChI=1S/C25H27BrN4O3S/c1-19-4-6-21(7-5-19)17-30(34(32,33)24-14-10-22(26)11-15-24)18-25(31)28-27-16-20-8-12-23(13-9-20)29(2)3/h4-16H,17-18H2,1-3H3,(H,28,31)/b27-16-. The lowest BCUT2D eigenvalue weighted by molar-refractivity contribution is -0.121. The van der Waals surface area contributed by atoms with Crippen molar-refractivity contribution in [2.24, 2.45) is 5.10 Å². The van der Waals surface area contributed by atoms with Crippen LogP contribution in [-0.4, -0.2) is 45.5 Å². The van der Waals surface area contributed by atoms with Crippen LogP contribution in [0, 0.1) is 6.92 Å². The van der Waals surface area contributed by atoms with Gasteiger partial charge >= 0.3 is 0 Å². The molecule has 3 rings (SSSR count). The highest BCUT2D eigenvalue weighted by Gasteiger charge is 2.27. The zero-order chi connectivity index (χ0) is 24.7. The van der Waals surface area contributed by atoms with Gasteiger partial charge < -0.3 is 4.90 Å². The van der Waals surface area contributed by atoms with Gasteiger partial charge in [-0.2, -0.15) is 9.41 Å². The first-order chi connectivity index (χ1) is 16.1. The van der Waals surface area contributed by atoms with Gasteiger partial charge in [0.1, 0.15) is 0 Å². The molecule has 0 saturated heterocycles.